The van der Waals surface area contributed by atoms with Gasteiger partial charge < -0.3 is 14.1 Å². The molecule has 140 valence electrons. The Morgan fingerprint density at radius 3 is 2.75 bits per heavy atom. The highest BCUT2D eigenvalue weighted by Crippen LogP contribution is 2.33. The molecule has 1 saturated heterocycles. The minimum atomic E-state index is 0.0204. The van der Waals surface area contributed by atoms with E-state index in [0.29, 0.717) is 35.6 Å². The molecule has 5 nitrogen and oxygen atoms in total. The van der Waals surface area contributed by atoms with E-state index in [1.807, 2.05) is 49.4 Å². The molecule has 0 saturated carbocycles. The number of hydrogen-bond donors (Lipinski definition) is 0. The molecule has 0 N–H and O–H groups in total. The van der Waals surface area contributed by atoms with Gasteiger partial charge in [0.25, 0.3) is 0 Å². The maximum Gasteiger partial charge on any atom is 0.203 e. The number of nitrogens with zero attached hydrogens (tertiary/aromatic N) is 2. The molecular weight excluding hydrogens is 352 g/mol. The van der Waals surface area contributed by atoms with Crippen molar-refractivity contribution in [2.75, 3.05) is 31.2 Å². The first-order valence-electron chi connectivity index (χ1n) is 9.46. The molecule has 5 rings (SSSR count). The Balaban J connectivity index is 1.74. The molecule has 3 heterocycles. The molecule has 0 atom stereocenters. The van der Waals surface area contributed by atoms with Gasteiger partial charge in [-0.3, -0.25) is 9.78 Å². The summed E-state index contributed by atoms with van der Waals surface area (Å²) in [7, 11) is 0. The fraction of sp³-hybridized carbons (Fsp3) is 0.217. The van der Waals surface area contributed by atoms with E-state index >= 15 is 0 Å². The lowest BCUT2D eigenvalue weighted by molar-refractivity contribution is 0.120. The standard InChI is InChI=1S/C23H20N2O3/c1-15-21(26)19-6-2-5-18(16-7-8-20-17(14-16)4-3-9-24-20)22(19)28-23(15)25-10-12-27-13-11-25/h2-9,14H,10-13H2,1H3. The van der Waals surface area contributed by atoms with E-state index in [9.17, 15) is 4.79 Å². The smallest absolute Gasteiger partial charge is 0.203 e. The van der Waals surface area contributed by atoms with Crippen LogP contribution in [0.15, 0.2) is 63.9 Å². The number of anilines is 1. The van der Waals surface area contributed by atoms with Gasteiger partial charge in [0.05, 0.1) is 29.7 Å². The van der Waals surface area contributed by atoms with E-state index in [4.69, 9.17) is 9.15 Å². The van der Waals surface area contributed by atoms with Crippen molar-refractivity contribution < 1.29 is 9.15 Å². The number of hydrogen-bond acceptors (Lipinski definition) is 5. The molecule has 1 aliphatic rings. The van der Waals surface area contributed by atoms with E-state index < -0.39 is 0 Å². The third-order valence-electron chi connectivity index (χ3n) is 5.33. The van der Waals surface area contributed by atoms with Gasteiger partial charge in [-0.15, -0.1) is 0 Å². The van der Waals surface area contributed by atoms with E-state index in [0.717, 1.165) is 35.1 Å². The van der Waals surface area contributed by atoms with Gasteiger partial charge in [-0.2, -0.15) is 0 Å². The van der Waals surface area contributed by atoms with E-state index in [-0.39, 0.29) is 5.43 Å². The predicted octanol–water partition coefficient (Wildman–Crippen LogP) is 4.15. The van der Waals surface area contributed by atoms with Crippen LogP contribution < -0.4 is 10.3 Å². The molecule has 0 unspecified atom stereocenters. The van der Waals surface area contributed by atoms with Gasteiger partial charge in [-0.05, 0) is 36.8 Å². The average Bonchev–Trinajstić information content (AvgIpc) is 2.76. The normalized spacial score (nSPS) is 14.7. The second-order valence-corrected chi connectivity index (χ2v) is 7.05. The zero-order valence-corrected chi connectivity index (χ0v) is 15.6. The molecule has 2 aromatic heterocycles. The van der Waals surface area contributed by atoms with Crippen molar-refractivity contribution in [2.24, 2.45) is 0 Å². The SMILES string of the molecule is Cc1c(N2CCOCC2)oc2c(-c3ccc4ncccc4c3)cccc2c1=O. The van der Waals surface area contributed by atoms with Crippen molar-refractivity contribution in [1.82, 2.24) is 4.98 Å². The van der Waals surface area contributed by atoms with E-state index in [2.05, 4.69) is 16.0 Å². The van der Waals surface area contributed by atoms with E-state index in [1.54, 1.807) is 6.20 Å². The second kappa shape index (κ2) is 6.77. The lowest BCUT2D eigenvalue weighted by Gasteiger charge is -2.28. The molecule has 5 heteroatoms. The van der Waals surface area contributed by atoms with Crippen LogP contribution in [0.2, 0.25) is 0 Å². The zero-order chi connectivity index (χ0) is 19.1. The summed E-state index contributed by atoms with van der Waals surface area (Å²) in [6.07, 6.45) is 1.79. The van der Waals surface area contributed by atoms with Crippen LogP contribution in [0.4, 0.5) is 5.88 Å². The first-order chi connectivity index (χ1) is 13.7. The van der Waals surface area contributed by atoms with Crippen molar-refractivity contribution in [1.29, 1.82) is 0 Å². The lowest BCUT2D eigenvalue weighted by Crippen LogP contribution is -2.37. The quantitative estimate of drug-likeness (QED) is 0.529. The Kier molecular flexibility index (Phi) is 4.10. The molecule has 2 aromatic carbocycles. The first-order valence-corrected chi connectivity index (χ1v) is 9.46. The van der Waals surface area contributed by atoms with Crippen molar-refractivity contribution in [3.63, 3.8) is 0 Å². The molecule has 0 spiro atoms. The Morgan fingerprint density at radius 2 is 1.89 bits per heavy atom. The largest absolute Gasteiger partial charge is 0.439 e. The summed E-state index contributed by atoms with van der Waals surface area (Å²) >= 11 is 0. The van der Waals surface area contributed by atoms with Crippen LogP contribution in [-0.2, 0) is 4.74 Å². The van der Waals surface area contributed by atoms with Crippen LogP contribution in [0, 0.1) is 6.92 Å². The summed E-state index contributed by atoms with van der Waals surface area (Å²) in [4.78, 5) is 19.5. The topological polar surface area (TPSA) is 55.6 Å². The van der Waals surface area contributed by atoms with Crippen molar-refractivity contribution in [3.8, 4) is 11.1 Å². The molecule has 28 heavy (non-hydrogen) atoms. The molecule has 0 aliphatic carbocycles. The molecular formula is C23H20N2O3. The fourth-order valence-corrected chi connectivity index (χ4v) is 3.84. The number of morpholine rings is 1. The van der Waals surface area contributed by atoms with Crippen LogP contribution in [0.1, 0.15) is 5.56 Å². The maximum absolute atomic E-state index is 13.1. The molecule has 1 aliphatic heterocycles. The molecule has 0 amide bonds. The highest BCUT2D eigenvalue weighted by Gasteiger charge is 2.20. The molecule has 1 fully saturated rings. The predicted molar refractivity (Wildman–Crippen MR) is 111 cm³/mol. The van der Waals surface area contributed by atoms with Gasteiger partial charge in [0.1, 0.15) is 5.58 Å². The van der Waals surface area contributed by atoms with Gasteiger partial charge in [0.15, 0.2) is 5.43 Å². The summed E-state index contributed by atoms with van der Waals surface area (Å²) in [5.41, 5.74) is 4.16. The maximum atomic E-state index is 13.1. The lowest BCUT2D eigenvalue weighted by atomic mass is 10.0. The number of rotatable bonds is 2. The van der Waals surface area contributed by atoms with Gasteiger partial charge >= 0.3 is 0 Å². The van der Waals surface area contributed by atoms with Crippen LogP contribution in [-0.4, -0.2) is 31.3 Å². The van der Waals surface area contributed by atoms with E-state index in [1.165, 1.54) is 0 Å². The summed E-state index contributed by atoms with van der Waals surface area (Å²) in [6.45, 7) is 4.56. The highest BCUT2D eigenvalue weighted by atomic mass is 16.5. The Morgan fingerprint density at radius 1 is 1.04 bits per heavy atom. The summed E-state index contributed by atoms with van der Waals surface area (Å²) in [6, 6.07) is 15.8. The van der Waals surface area contributed by atoms with Crippen molar-refractivity contribution in [3.05, 3.63) is 70.5 Å². The number of ether oxygens (including phenoxy) is 1. The fourth-order valence-electron chi connectivity index (χ4n) is 3.84. The number of fused-ring (bicyclic) bond motifs is 2. The number of aromatic nitrogens is 1. The Bertz CT molecular complexity index is 1240. The number of pyridine rings is 1. The zero-order valence-electron chi connectivity index (χ0n) is 15.6. The monoisotopic (exact) mass is 372 g/mol. The van der Waals surface area contributed by atoms with Crippen LogP contribution in [0.5, 0.6) is 0 Å². The minimum Gasteiger partial charge on any atom is -0.439 e. The summed E-state index contributed by atoms with van der Waals surface area (Å²) < 4.78 is 11.8. The van der Waals surface area contributed by atoms with Crippen molar-refractivity contribution in [2.45, 2.75) is 6.92 Å². The average molecular weight is 372 g/mol. The Labute approximate surface area is 162 Å². The Hall–Kier alpha value is -3.18. The minimum absolute atomic E-state index is 0.0204. The van der Waals surface area contributed by atoms with Crippen LogP contribution in [0.3, 0.4) is 0 Å². The highest BCUT2D eigenvalue weighted by molar-refractivity contribution is 5.95. The molecule has 0 bridgehead atoms. The first kappa shape index (κ1) is 17.0. The van der Waals surface area contributed by atoms with Gasteiger partial charge in [0.2, 0.25) is 5.88 Å². The van der Waals surface area contributed by atoms with Crippen LogP contribution >= 0.6 is 0 Å². The third kappa shape index (κ3) is 2.75. The third-order valence-corrected chi connectivity index (χ3v) is 5.33. The molecule has 0 radical (unpaired) electrons. The molecule has 4 aromatic rings. The van der Waals surface area contributed by atoms with Gasteiger partial charge in [-0.25, -0.2) is 0 Å². The van der Waals surface area contributed by atoms with Crippen LogP contribution in [0.25, 0.3) is 33.0 Å². The van der Waals surface area contributed by atoms with Gasteiger partial charge in [0, 0.05) is 30.2 Å². The second-order valence-electron chi connectivity index (χ2n) is 7.05. The number of para-hydroxylation sites is 1. The summed E-state index contributed by atoms with van der Waals surface area (Å²) in [5.74, 6) is 0.649. The van der Waals surface area contributed by atoms with Crippen molar-refractivity contribution >= 4 is 27.8 Å². The summed E-state index contributed by atoms with van der Waals surface area (Å²) in [5, 5.41) is 1.66. The van der Waals surface area contributed by atoms with Gasteiger partial charge in [-0.1, -0.05) is 24.3 Å². The number of benzene rings is 2.